The Morgan fingerprint density at radius 3 is 2.25 bits per heavy atom. The first-order valence-electron chi connectivity index (χ1n) is 8.43. The number of sulfonamides is 1. The van der Waals surface area contributed by atoms with Gasteiger partial charge in [0, 0.05) is 25.7 Å². The summed E-state index contributed by atoms with van der Waals surface area (Å²) in [6.07, 6.45) is 1.31. The molecule has 1 atom stereocenters. The van der Waals surface area contributed by atoms with Crippen LogP contribution in [0.3, 0.4) is 0 Å². The standard InChI is InChI=1S/C19H24N2O2S/c22-24(23,14-11-17-7-3-1-4-8-17)21-13-12-20-16-19(21)15-18-9-5-2-6-10-18/h1-10,19-20H,11-16H2. The van der Waals surface area contributed by atoms with Crippen molar-refractivity contribution in [2.75, 3.05) is 25.4 Å². The molecule has 5 heteroatoms. The zero-order valence-corrected chi connectivity index (χ0v) is 14.6. The number of benzene rings is 2. The molecule has 128 valence electrons. The average molecular weight is 344 g/mol. The summed E-state index contributed by atoms with van der Waals surface area (Å²) in [6.45, 7) is 1.98. The minimum atomic E-state index is -3.26. The summed E-state index contributed by atoms with van der Waals surface area (Å²) in [5.41, 5.74) is 2.24. The molecule has 0 aliphatic carbocycles. The lowest BCUT2D eigenvalue weighted by Gasteiger charge is -2.35. The van der Waals surface area contributed by atoms with E-state index in [0.717, 1.165) is 18.5 Å². The van der Waals surface area contributed by atoms with Crippen molar-refractivity contribution >= 4 is 10.0 Å². The van der Waals surface area contributed by atoms with E-state index in [0.29, 0.717) is 19.5 Å². The summed E-state index contributed by atoms with van der Waals surface area (Å²) in [5, 5.41) is 3.32. The fraction of sp³-hybridized carbons (Fsp3) is 0.368. The van der Waals surface area contributed by atoms with Gasteiger partial charge in [-0.05, 0) is 24.0 Å². The highest BCUT2D eigenvalue weighted by molar-refractivity contribution is 7.89. The number of aryl methyl sites for hydroxylation is 1. The molecule has 2 aromatic rings. The van der Waals surface area contributed by atoms with Crippen molar-refractivity contribution < 1.29 is 8.42 Å². The Kier molecular flexibility index (Phi) is 5.66. The molecule has 1 heterocycles. The van der Waals surface area contributed by atoms with Crippen molar-refractivity contribution in [3.05, 3.63) is 71.8 Å². The maximum Gasteiger partial charge on any atom is 0.214 e. The minimum absolute atomic E-state index is 0.0121. The van der Waals surface area contributed by atoms with Gasteiger partial charge in [-0.2, -0.15) is 4.31 Å². The molecular formula is C19H24N2O2S. The number of piperazine rings is 1. The van der Waals surface area contributed by atoms with Crippen LogP contribution in [0.2, 0.25) is 0 Å². The quantitative estimate of drug-likeness (QED) is 0.873. The zero-order chi connectivity index (χ0) is 16.8. The predicted molar refractivity (Wildman–Crippen MR) is 97.4 cm³/mol. The van der Waals surface area contributed by atoms with Gasteiger partial charge in [-0.3, -0.25) is 0 Å². The van der Waals surface area contributed by atoms with Gasteiger partial charge >= 0.3 is 0 Å². The molecule has 1 fully saturated rings. The molecule has 2 aromatic carbocycles. The maximum atomic E-state index is 12.9. The van der Waals surface area contributed by atoms with E-state index in [9.17, 15) is 8.42 Å². The van der Waals surface area contributed by atoms with Gasteiger partial charge in [0.25, 0.3) is 0 Å². The van der Waals surface area contributed by atoms with Gasteiger partial charge in [-0.1, -0.05) is 60.7 Å². The van der Waals surface area contributed by atoms with Crippen molar-refractivity contribution in [3.8, 4) is 0 Å². The fourth-order valence-electron chi connectivity index (χ4n) is 3.18. The van der Waals surface area contributed by atoms with Crippen LogP contribution in [-0.4, -0.2) is 44.2 Å². The largest absolute Gasteiger partial charge is 0.314 e. The fourth-order valence-corrected chi connectivity index (χ4v) is 4.88. The highest BCUT2D eigenvalue weighted by Gasteiger charge is 2.31. The van der Waals surface area contributed by atoms with Crippen LogP contribution in [-0.2, 0) is 22.9 Å². The number of hydrogen-bond acceptors (Lipinski definition) is 3. The zero-order valence-electron chi connectivity index (χ0n) is 13.8. The number of nitrogens with zero attached hydrogens (tertiary/aromatic N) is 1. The van der Waals surface area contributed by atoms with Crippen LogP contribution in [0.15, 0.2) is 60.7 Å². The van der Waals surface area contributed by atoms with Gasteiger partial charge in [0.05, 0.1) is 5.75 Å². The molecule has 1 N–H and O–H groups in total. The molecule has 0 bridgehead atoms. The Balaban J connectivity index is 1.69. The van der Waals surface area contributed by atoms with E-state index in [4.69, 9.17) is 0 Å². The van der Waals surface area contributed by atoms with Crippen LogP contribution in [0.25, 0.3) is 0 Å². The molecule has 0 radical (unpaired) electrons. The molecular weight excluding hydrogens is 320 g/mol. The second-order valence-corrected chi connectivity index (χ2v) is 8.25. The molecule has 0 amide bonds. The summed E-state index contributed by atoms with van der Waals surface area (Å²) in [7, 11) is -3.26. The molecule has 1 unspecified atom stereocenters. The first-order chi connectivity index (χ1) is 11.6. The third-order valence-electron chi connectivity index (χ3n) is 4.46. The van der Waals surface area contributed by atoms with Crippen LogP contribution in [0.1, 0.15) is 11.1 Å². The minimum Gasteiger partial charge on any atom is -0.314 e. The molecule has 0 saturated carbocycles. The van der Waals surface area contributed by atoms with Crippen molar-refractivity contribution in [1.82, 2.24) is 9.62 Å². The number of rotatable bonds is 6. The van der Waals surface area contributed by atoms with E-state index in [1.54, 1.807) is 4.31 Å². The Morgan fingerprint density at radius 1 is 0.958 bits per heavy atom. The Morgan fingerprint density at radius 2 is 1.58 bits per heavy atom. The second kappa shape index (κ2) is 7.92. The van der Waals surface area contributed by atoms with Gasteiger partial charge in [0.1, 0.15) is 0 Å². The molecule has 3 rings (SSSR count). The molecule has 1 saturated heterocycles. The second-order valence-electron chi connectivity index (χ2n) is 6.21. The Hall–Kier alpha value is -1.69. The first-order valence-corrected chi connectivity index (χ1v) is 10.0. The monoisotopic (exact) mass is 344 g/mol. The van der Waals surface area contributed by atoms with Crippen molar-refractivity contribution in [3.63, 3.8) is 0 Å². The van der Waals surface area contributed by atoms with Gasteiger partial charge in [0.2, 0.25) is 10.0 Å². The summed E-state index contributed by atoms with van der Waals surface area (Å²) >= 11 is 0. The summed E-state index contributed by atoms with van der Waals surface area (Å²) in [4.78, 5) is 0. The van der Waals surface area contributed by atoms with Crippen molar-refractivity contribution in [2.24, 2.45) is 0 Å². The molecule has 0 aromatic heterocycles. The third-order valence-corrected chi connectivity index (χ3v) is 6.37. The molecule has 1 aliphatic heterocycles. The Bertz CT molecular complexity index is 732. The molecule has 0 spiro atoms. The van der Waals surface area contributed by atoms with E-state index in [1.165, 1.54) is 5.56 Å². The van der Waals surface area contributed by atoms with Gasteiger partial charge in [0.15, 0.2) is 0 Å². The van der Waals surface area contributed by atoms with Gasteiger partial charge < -0.3 is 5.32 Å². The van der Waals surface area contributed by atoms with Crippen LogP contribution in [0, 0.1) is 0 Å². The van der Waals surface area contributed by atoms with Gasteiger partial charge in [-0.25, -0.2) is 8.42 Å². The van der Waals surface area contributed by atoms with Crippen molar-refractivity contribution in [2.45, 2.75) is 18.9 Å². The Labute approximate surface area is 144 Å². The molecule has 1 aliphatic rings. The normalized spacial score (nSPS) is 19.2. The van der Waals surface area contributed by atoms with Crippen molar-refractivity contribution in [1.29, 1.82) is 0 Å². The maximum absolute atomic E-state index is 12.9. The van der Waals surface area contributed by atoms with Crippen LogP contribution in [0.5, 0.6) is 0 Å². The topological polar surface area (TPSA) is 49.4 Å². The SMILES string of the molecule is O=S(=O)(CCc1ccccc1)N1CCNCC1Cc1ccccc1. The third kappa shape index (κ3) is 4.44. The van der Waals surface area contributed by atoms with E-state index in [-0.39, 0.29) is 11.8 Å². The van der Waals surface area contributed by atoms with Crippen LogP contribution < -0.4 is 5.32 Å². The summed E-state index contributed by atoms with van der Waals surface area (Å²) in [5.74, 6) is 0.169. The lowest BCUT2D eigenvalue weighted by molar-refractivity contribution is 0.266. The smallest absolute Gasteiger partial charge is 0.214 e. The lowest BCUT2D eigenvalue weighted by Crippen LogP contribution is -2.55. The lowest BCUT2D eigenvalue weighted by atomic mass is 10.1. The van der Waals surface area contributed by atoms with Crippen LogP contribution in [0.4, 0.5) is 0 Å². The first kappa shape index (κ1) is 17.1. The highest BCUT2D eigenvalue weighted by Crippen LogP contribution is 2.16. The predicted octanol–water partition coefficient (Wildman–Crippen LogP) is 2.08. The average Bonchev–Trinajstić information content (AvgIpc) is 2.62. The van der Waals surface area contributed by atoms with Crippen LogP contribution >= 0.6 is 0 Å². The van der Waals surface area contributed by atoms with E-state index in [2.05, 4.69) is 17.4 Å². The van der Waals surface area contributed by atoms with E-state index >= 15 is 0 Å². The highest BCUT2D eigenvalue weighted by atomic mass is 32.2. The summed E-state index contributed by atoms with van der Waals surface area (Å²) < 4.78 is 27.4. The van der Waals surface area contributed by atoms with E-state index in [1.807, 2.05) is 48.5 Å². The molecule has 24 heavy (non-hydrogen) atoms. The van der Waals surface area contributed by atoms with E-state index < -0.39 is 10.0 Å². The number of hydrogen-bond donors (Lipinski definition) is 1. The van der Waals surface area contributed by atoms with Gasteiger partial charge in [-0.15, -0.1) is 0 Å². The summed E-state index contributed by atoms with van der Waals surface area (Å²) in [6, 6.07) is 19.9. The number of nitrogens with one attached hydrogen (secondary N) is 1. The molecule has 4 nitrogen and oxygen atoms in total.